The molecule has 0 spiro atoms. The number of ether oxygens (including phenoxy) is 3. The average molecular weight is 327 g/mol. The summed E-state index contributed by atoms with van der Waals surface area (Å²) in [4.78, 5) is 23.7. The Morgan fingerprint density at radius 3 is 2.43 bits per heavy atom. The van der Waals surface area contributed by atoms with Gasteiger partial charge in [-0.3, -0.25) is 0 Å². The standard InChI is InChI=1S/C16H22FNO5/c1-16(2,3)23-15(20)18-11(14(19)22-5)9-10-7-6-8-12(21-4)13(10)17/h6-8,11H,9H2,1-5H3,(H,18,20). The number of carbonyl (C=O) groups is 2. The highest BCUT2D eigenvalue weighted by Gasteiger charge is 2.26. The maximum Gasteiger partial charge on any atom is 0.408 e. The van der Waals surface area contributed by atoms with Crippen molar-refractivity contribution in [3.8, 4) is 5.75 Å². The molecular formula is C16H22FNO5. The van der Waals surface area contributed by atoms with Crippen LogP contribution in [0.25, 0.3) is 0 Å². The molecule has 1 rings (SSSR count). The fraction of sp³-hybridized carbons (Fsp3) is 0.500. The van der Waals surface area contributed by atoms with Crippen LogP contribution in [0.15, 0.2) is 18.2 Å². The van der Waals surface area contributed by atoms with Crippen LogP contribution in [0.4, 0.5) is 9.18 Å². The zero-order valence-corrected chi connectivity index (χ0v) is 13.9. The van der Waals surface area contributed by atoms with Crippen LogP contribution in [-0.2, 0) is 20.7 Å². The highest BCUT2D eigenvalue weighted by atomic mass is 19.1. The van der Waals surface area contributed by atoms with Crippen molar-refractivity contribution >= 4 is 12.1 Å². The highest BCUT2D eigenvalue weighted by molar-refractivity contribution is 5.81. The number of halogens is 1. The second kappa shape index (κ2) is 7.80. The average Bonchev–Trinajstić information content (AvgIpc) is 2.45. The summed E-state index contributed by atoms with van der Waals surface area (Å²) in [5.74, 6) is -1.23. The van der Waals surface area contributed by atoms with Gasteiger partial charge in [-0.25, -0.2) is 14.0 Å². The van der Waals surface area contributed by atoms with E-state index < -0.39 is 29.5 Å². The van der Waals surface area contributed by atoms with Gasteiger partial charge in [0.05, 0.1) is 14.2 Å². The predicted octanol–water partition coefficient (Wildman–Crippen LogP) is 2.44. The van der Waals surface area contributed by atoms with E-state index >= 15 is 0 Å². The lowest BCUT2D eigenvalue weighted by Crippen LogP contribution is -2.45. The van der Waals surface area contributed by atoms with Crippen LogP contribution < -0.4 is 10.1 Å². The fourth-order valence-electron chi connectivity index (χ4n) is 1.88. The second-order valence-electron chi connectivity index (χ2n) is 5.86. The Bertz CT molecular complexity index is 568. The van der Waals surface area contributed by atoms with Crippen molar-refractivity contribution in [2.45, 2.75) is 38.8 Å². The molecule has 128 valence electrons. The van der Waals surface area contributed by atoms with Gasteiger partial charge >= 0.3 is 12.1 Å². The molecule has 0 heterocycles. The lowest BCUT2D eigenvalue weighted by atomic mass is 10.0. The van der Waals surface area contributed by atoms with Gasteiger partial charge in [-0.15, -0.1) is 0 Å². The first-order valence-corrected chi connectivity index (χ1v) is 7.06. The zero-order valence-electron chi connectivity index (χ0n) is 13.9. The van der Waals surface area contributed by atoms with Crippen molar-refractivity contribution in [1.82, 2.24) is 5.32 Å². The molecule has 6 nitrogen and oxygen atoms in total. The molecule has 0 saturated heterocycles. The first-order valence-electron chi connectivity index (χ1n) is 7.06. The number of methoxy groups -OCH3 is 2. The minimum absolute atomic E-state index is 0.0587. The number of hydrogen-bond donors (Lipinski definition) is 1. The van der Waals surface area contributed by atoms with Crippen molar-refractivity contribution in [2.75, 3.05) is 14.2 Å². The highest BCUT2D eigenvalue weighted by Crippen LogP contribution is 2.21. The summed E-state index contributed by atoms with van der Waals surface area (Å²) < 4.78 is 28.8. The molecule has 1 aromatic rings. The summed E-state index contributed by atoms with van der Waals surface area (Å²) in [6.45, 7) is 5.09. The number of hydrogen-bond acceptors (Lipinski definition) is 5. The van der Waals surface area contributed by atoms with Gasteiger partial charge in [0, 0.05) is 6.42 Å². The molecule has 0 aliphatic carbocycles. The Morgan fingerprint density at radius 1 is 1.26 bits per heavy atom. The van der Waals surface area contributed by atoms with Gasteiger partial charge in [0.15, 0.2) is 11.6 Å². The topological polar surface area (TPSA) is 73.9 Å². The van der Waals surface area contributed by atoms with Crippen LogP contribution in [0.2, 0.25) is 0 Å². The Hall–Kier alpha value is -2.31. The lowest BCUT2D eigenvalue weighted by Gasteiger charge is -2.22. The minimum Gasteiger partial charge on any atom is -0.494 e. The van der Waals surface area contributed by atoms with Crippen molar-refractivity contribution in [2.24, 2.45) is 0 Å². The Labute approximate surface area is 134 Å². The molecule has 0 aliphatic rings. The van der Waals surface area contributed by atoms with Crippen LogP contribution in [0.1, 0.15) is 26.3 Å². The van der Waals surface area contributed by atoms with Crippen LogP contribution in [0.3, 0.4) is 0 Å². The molecule has 1 N–H and O–H groups in total. The maximum atomic E-state index is 14.2. The molecule has 1 amide bonds. The third-order valence-electron chi connectivity index (χ3n) is 2.86. The van der Waals surface area contributed by atoms with Crippen molar-refractivity contribution in [3.63, 3.8) is 0 Å². The van der Waals surface area contributed by atoms with Crippen LogP contribution in [0.5, 0.6) is 5.75 Å². The molecule has 0 aliphatic heterocycles. The number of rotatable bonds is 5. The largest absolute Gasteiger partial charge is 0.494 e. The fourth-order valence-corrected chi connectivity index (χ4v) is 1.88. The molecule has 0 fully saturated rings. The van der Waals surface area contributed by atoms with Crippen LogP contribution >= 0.6 is 0 Å². The molecule has 0 bridgehead atoms. The summed E-state index contributed by atoms with van der Waals surface area (Å²) in [5.41, 5.74) is -0.498. The molecule has 23 heavy (non-hydrogen) atoms. The van der Waals surface area contributed by atoms with Gasteiger partial charge in [0.25, 0.3) is 0 Å². The smallest absolute Gasteiger partial charge is 0.408 e. The van der Waals surface area contributed by atoms with E-state index in [-0.39, 0.29) is 17.7 Å². The Kier molecular flexibility index (Phi) is 6.36. The molecule has 1 atom stereocenters. The molecule has 7 heteroatoms. The first-order chi connectivity index (χ1) is 10.7. The van der Waals surface area contributed by atoms with Gasteiger partial charge < -0.3 is 19.5 Å². The van der Waals surface area contributed by atoms with Gasteiger partial charge in [0.2, 0.25) is 0 Å². The predicted molar refractivity (Wildman–Crippen MR) is 81.8 cm³/mol. The van der Waals surface area contributed by atoms with Crippen molar-refractivity contribution in [3.05, 3.63) is 29.6 Å². The normalized spacial score (nSPS) is 12.3. The van der Waals surface area contributed by atoms with Crippen LogP contribution in [0, 0.1) is 5.82 Å². The van der Waals surface area contributed by atoms with Gasteiger partial charge in [-0.05, 0) is 32.4 Å². The maximum absolute atomic E-state index is 14.2. The number of alkyl carbamates (subject to hydrolysis) is 1. The van der Waals surface area contributed by atoms with E-state index in [9.17, 15) is 14.0 Å². The molecule has 0 radical (unpaired) electrons. The van der Waals surface area contributed by atoms with E-state index in [1.165, 1.54) is 26.4 Å². The van der Waals surface area contributed by atoms with E-state index in [1.54, 1.807) is 26.8 Å². The SMILES string of the molecule is COC(=O)C(Cc1cccc(OC)c1F)NC(=O)OC(C)(C)C. The summed E-state index contributed by atoms with van der Waals surface area (Å²) in [6, 6.07) is 3.49. The van der Waals surface area contributed by atoms with E-state index in [0.29, 0.717) is 0 Å². The van der Waals surface area contributed by atoms with E-state index in [2.05, 4.69) is 10.1 Å². The number of carbonyl (C=O) groups excluding carboxylic acids is 2. The molecular weight excluding hydrogens is 305 g/mol. The number of nitrogens with one attached hydrogen (secondary N) is 1. The molecule has 0 saturated carbocycles. The zero-order chi connectivity index (χ0) is 17.6. The number of esters is 1. The van der Waals surface area contributed by atoms with Crippen molar-refractivity contribution < 1.29 is 28.2 Å². The Balaban J connectivity index is 2.92. The van der Waals surface area contributed by atoms with E-state index in [0.717, 1.165) is 0 Å². The van der Waals surface area contributed by atoms with E-state index in [4.69, 9.17) is 9.47 Å². The van der Waals surface area contributed by atoms with Crippen LogP contribution in [-0.4, -0.2) is 37.9 Å². The number of benzene rings is 1. The van der Waals surface area contributed by atoms with Gasteiger partial charge in [-0.2, -0.15) is 0 Å². The summed E-state index contributed by atoms with van der Waals surface area (Å²) in [5, 5.41) is 2.39. The first kappa shape index (κ1) is 18.7. The van der Waals surface area contributed by atoms with Crippen molar-refractivity contribution in [1.29, 1.82) is 0 Å². The molecule has 1 aromatic carbocycles. The third-order valence-corrected chi connectivity index (χ3v) is 2.86. The quantitative estimate of drug-likeness (QED) is 0.841. The summed E-state index contributed by atoms with van der Waals surface area (Å²) >= 11 is 0. The Morgan fingerprint density at radius 2 is 1.91 bits per heavy atom. The van der Waals surface area contributed by atoms with E-state index in [1.807, 2.05) is 0 Å². The minimum atomic E-state index is -1.07. The molecule has 0 aromatic heterocycles. The monoisotopic (exact) mass is 327 g/mol. The summed E-state index contributed by atoms with van der Waals surface area (Å²) in [7, 11) is 2.53. The van der Waals surface area contributed by atoms with Gasteiger partial charge in [0.1, 0.15) is 11.6 Å². The number of amides is 1. The molecule has 1 unspecified atom stereocenters. The third kappa shape index (κ3) is 5.77. The lowest BCUT2D eigenvalue weighted by molar-refractivity contribution is -0.143. The van der Waals surface area contributed by atoms with Gasteiger partial charge in [-0.1, -0.05) is 12.1 Å². The second-order valence-corrected chi connectivity index (χ2v) is 5.86. The summed E-state index contributed by atoms with van der Waals surface area (Å²) in [6.07, 6.45) is -0.870.